The molecule has 0 aliphatic heterocycles. The van der Waals surface area contributed by atoms with Crippen molar-refractivity contribution in [3.05, 3.63) is 40.1 Å². The standard InChI is InChI=1S/C11H10N4O2S2/c1-8-15-10(7-18-8)5-14-19(16,17)11-3-2-9(4-12)13-6-11/h2-3,6-7,14H,5H2,1H3. The summed E-state index contributed by atoms with van der Waals surface area (Å²) in [6.45, 7) is 1.99. The molecule has 1 N–H and O–H groups in total. The molecule has 0 saturated carbocycles. The van der Waals surface area contributed by atoms with Crippen LogP contribution in [-0.2, 0) is 16.6 Å². The van der Waals surface area contributed by atoms with Crippen molar-refractivity contribution in [3.8, 4) is 6.07 Å². The lowest BCUT2D eigenvalue weighted by Gasteiger charge is -2.04. The third-order valence-corrected chi connectivity index (χ3v) is 4.48. The molecule has 0 amide bonds. The van der Waals surface area contributed by atoms with Crippen LogP contribution in [0, 0.1) is 18.3 Å². The third kappa shape index (κ3) is 3.35. The minimum atomic E-state index is -3.63. The van der Waals surface area contributed by atoms with Crippen molar-refractivity contribution in [1.29, 1.82) is 5.26 Å². The molecule has 2 aromatic rings. The summed E-state index contributed by atoms with van der Waals surface area (Å²) in [7, 11) is -3.63. The van der Waals surface area contributed by atoms with E-state index in [0.29, 0.717) is 5.69 Å². The first-order valence-electron chi connectivity index (χ1n) is 5.28. The molecular formula is C11H10N4O2S2. The Balaban J connectivity index is 2.11. The van der Waals surface area contributed by atoms with Crippen LogP contribution in [0.25, 0.3) is 0 Å². The molecule has 0 radical (unpaired) electrons. The first-order chi connectivity index (χ1) is 9.01. The topological polar surface area (TPSA) is 95.7 Å². The lowest BCUT2D eigenvalue weighted by atomic mass is 10.4. The fourth-order valence-electron chi connectivity index (χ4n) is 1.35. The van der Waals surface area contributed by atoms with Crippen molar-refractivity contribution < 1.29 is 8.42 Å². The number of nitrogens with zero attached hydrogens (tertiary/aromatic N) is 3. The monoisotopic (exact) mass is 294 g/mol. The Hall–Kier alpha value is -1.82. The molecule has 19 heavy (non-hydrogen) atoms. The highest BCUT2D eigenvalue weighted by Gasteiger charge is 2.14. The molecule has 0 aliphatic rings. The van der Waals surface area contributed by atoms with Crippen molar-refractivity contribution in [2.45, 2.75) is 18.4 Å². The second-order valence-electron chi connectivity index (χ2n) is 3.67. The van der Waals surface area contributed by atoms with Gasteiger partial charge in [0, 0.05) is 11.6 Å². The SMILES string of the molecule is Cc1nc(CNS(=O)(=O)c2ccc(C#N)nc2)cs1. The largest absolute Gasteiger partial charge is 0.245 e. The number of rotatable bonds is 4. The minimum Gasteiger partial charge on any atom is -0.245 e. The van der Waals surface area contributed by atoms with Crippen LogP contribution in [0.2, 0.25) is 0 Å². The van der Waals surface area contributed by atoms with Crippen molar-refractivity contribution in [2.75, 3.05) is 0 Å². The fourth-order valence-corrected chi connectivity index (χ4v) is 2.90. The molecule has 0 unspecified atom stereocenters. The predicted molar refractivity (Wildman–Crippen MR) is 69.8 cm³/mol. The number of hydrogen-bond donors (Lipinski definition) is 1. The van der Waals surface area contributed by atoms with Gasteiger partial charge in [-0.3, -0.25) is 0 Å². The Morgan fingerprint density at radius 1 is 1.47 bits per heavy atom. The van der Waals surface area contributed by atoms with Gasteiger partial charge in [0.1, 0.15) is 16.7 Å². The molecule has 0 spiro atoms. The quantitative estimate of drug-likeness (QED) is 0.914. The van der Waals surface area contributed by atoms with Gasteiger partial charge in [-0.2, -0.15) is 5.26 Å². The van der Waals surface area contributed by atoms with Gasteiger partial charge in [0.2, 0.25) is 10.0 Å². The van der Waals surface area contributed by atoms with Gasteiger partial charge in [-0.25, -0.2) is 23.1 Å². The molecule has 0 atom stereocenters. The second kappa shape index (κ2) is 5.44. The zero-order valence-corrected chi connectivity index (χ0v) is 11.6. The average molecular weight is 294 g/mol. The number of aryl methyl sites for hydroxylation is 1. The summed E-state index contributed by atoms with van der Waals surface area (Å²) < 4.78 is 26.3. The molecule has 6 nitrogen and oxygen atoms in total. The normalized spacial score (nSPS) is 11.2. The lowest BCUT2D eigenvalue weighted by molar-refractivity contribution is 0.580. The summed E-state index contributed by atoms with van der Waals surface area (Å²) >= 11 is 1.46. The van der Waals surface area contributed by atoms with Gasteiger partial charge in [0.25, 0.3) is 0 Å². The summed E-state index contributed by atoms with van der Waals surface area (Å²) in [5.41, 5.74) is 0.849. The highest BCUT2D eigenvalue weighted by atomic mass is 32.2. The Morgan fingerprint density at radius 3 is 2.79 bits per heavy atom. The maximum Gasteiger partial charge on any atom is 0.242 e. The summed E-state index contributed by atoms with van der Waals surface area (Å²) in [5.74, 6) is 0. The Kier molecular flexibility index (Phi) is 3.90. The second-order valence-corrected chi connectivity index (χ2v) is 6.50. The van der Waals surface area contributed by atoms with Gasteiger partial charge in [0.05, 0.1) is 17.2 Å². The van der Waals surface area contributed by atoms with Crippen LogP contribution in [0.4, 0.5) is 0 Å². The molecule has 0 saturated heterocycles. The lowest BCUT2D eigenvalue weighted by Crippen LogP contribution is -2.23. The molecule has 2 rings (SSSR count). The molecule has 98 valence electrons. The zero-order chi connectivity index (χ0) is 13.9. The van der Waals surface area contributed by atoms with Crippen LogP contribution >= 0.6 is 11.3 Å². The molecule has 2 aromatic heterocycles. The first-order valence-corrected chi connectivity index (χ1v) is 7.64. The highest BCUT2D eigenvalue weighted by Crippen LogP contribution is 2.11. The maximum absolute atomic E-state index is 12.0. The van der Waals surface area contributed by atoms with Crippen molar-refractivity contribution in [3.63, 3.8) is 0 Å². The van der Waals surface area contributed by atoms with Gasteiger partial charge in [-0.05, 0) is 19.1 Å². The van der Waals surface area contributed by atoms with E-state index < -0.39 is 10.0 Å². The molecule has 8 heteroatoms. The number of nitriles is 1. The summed E-state index contributed by atoms with van der Waals surface area (Å²) in [6.07, 6.45) is 1.16. The Bertz CT molecular complexity index is 714. The van der Waals surface area contributed by atoms with E-state index in [1.807, 2.05) is 13.0 Å². The summed E-state index contributed by atoms with van der Waals surface area (Å²) in [6, 6.07) is 4.54. The third-order valence-electron chi connectivity index (χ3n) is 2.27. The van der Waals surface area contributed by atoms with E-state index in [2.05, 4.69) is 14.7 Å². The van der Waals surface area contributed by atoms with E-state index in [1.165, 1.54) is 23.5 Å². The van der Waals surface area contributed by atoms with Crippen LogP contribution in [0.15, 0.2) is 28.6 Å². The molecule has 2 heterocycles. The smallest absolute Gasteiger partial charge is 0.242 e. The van der Waals surface area contributed by atoms with Gasteiger partial charge >= 0.3 is 0 Å². The molecular weight excluding hydrogens is 284 g/mol. The zero-order valence-electron chi connectivity index (χ0n) is 9.99. The summed E-state index contributed by atoms with van der Waals surface area (Å²) in [5, 5.41) is 11.3. The number of sulfonamides is 1. The van der Waals surface area contributed by atoms with Crippen LogP contribution in [-0.4, -0.2) is 18.4 Å². The van der Waals surface area contributed by atoms with E-state index in [9.17, 15) is 8.42 Å². The van der Waals surface area contributed by atoms with Crippen molar-refractivity contribution in [1.82, 2.24) is 14.7 Å². The van der Waals surface area contributed by atoms with Crippen molar-refractivity contribution in [2.24, 2.45) is 0 Å². The number of aromatic nitrogens is 2. The van der Waals surface area contributed by atoms with Crippen LogP contribution in [0.1, 0.15) is 16.4 Å². The van der Waals surface area contributed by atoms with E-state index in [-0.39, 0.29) is 17.1 Å². The van der Waals surface area contributed by atoms with Crippen LogP contribution in [0.3, 0.4) is 0 Å². The maximum atomic E-state index is 12.0. The number of thiazole rings is 1. The first kappa shape index (κ1) is 13.6. The van der Waals surface area contributed by atoms with E-state index in [0.717, 1.165) is 11.2 Å². The number of pyridine rings is 1. The average Bonchev–Trinajstić information content (AvgIpc) is 2.82. The van der Waals surface area contributed by atoms with E-state index in [1.54, 1.807) is 5.38 Å². The Labute approximate surface area is 114 Å². The molecule has 0 fully saturated rings. The van der Waals surface area contributed by atoms with E-state index >= 15 is 0 Å². The molecule has 0 aromatic carbocycles. The van der Waals surface area contributed by atoms with Gasteiger partial charge in [-0.1, -0.05) is 0 Å². The minimum absolute atomic E-state index is 0.0263. The van der Waals surface area contributed by atoms with Crippen molar-refractivity contribution >= 4 is 21.4 Å². The van der Waals surface area contributed by atoms with Crippen LogP contribution in [0.5, 0.6) is 0 Å². The van der Waals surface area contributed by atoms with Crippen LogP contribution < -0.4 is 4.72 Å². The predicted octanol–water partition coefficient (Wildman–Crippen LogP) is 1.20. The van der Waals surface area contributed by atoms with E-state index in [4.69, 9.17) is 5.26 Å². The Morgan fingerprint density at radius 2 is 2.26 bits per heavy atom. The highest BCUT2D eigenvalue weighted by molar-refractivity contribution is 7.89. The molecule has 0 bridgehead atoms. The summed E-state index contributed by atoms with van der Waals surface area (Å²) in [4.78, 5) is 7.92. The fraction of sp³-hybridized carbons (Fsp3) is 0.182. The number of nitrogens with one attached hydrogen (secondary N) is 1. The van der Waals surface area contributed by atoms with Gasteiger partial charge in [-0.15, -0.1) is 11.3 Å². The van der Waals surface area contributed by atoms with Gasteiger partial charge in [0.15, 0.2) is 0 Å². The molecule has 0 aliphatic carbocycles. The number of hydrogen-bond acceptors (Lipinski definition) is 6. The van der Waals surface area contributed by atoms with Gasteiger partial charge < -0.3 is 0 Å².